The van der Waals surface area contributed by atoms with E-state index in [1.807, 2.05) is 56.3 Å². The summed E-state index contributed by atoms with van der Waals surface area (Å²) in [6, 6.07) is 13.5. The number of nitrogens with zero attached hydrogens (tertiary/aromatic N) is 3. The van der Waals surface area contributed by atoms with Gasteiger partial charge in [0.15, 0.2) is 5.82 Å². The van der Waals surface area contributed by atoms with E-state index in [4.69, 9.17) is 23.2 Å². The van der Waals surface area contributed by atoms with Crippen molar-refractivity contribution < 1.29 is 0 Å². The van der Waals surface area contributed by atoms with Crippen LogP contribution in [0.1, 0.15) is 32.5 Å². The number of benzene rings is 2. The number of halogens is 2. The summed E-state index contributed by atoms with van der Waals surface area (Å²) >= 11 is 12.3. The zero-order valence-electron chi connectivity index (χ0n) is 14.4. The lowest BCUT2D eigenvalue weighted by Crippen LogP contribution is -2.09. The van der Waals surface area contributed by atoms with Gasteiger partial charge in [-0.2, -0.15) is 0 Å². The minimum atomic E-state index is 0.224. The van der Waals surface area contributed by atoms with Gasteiger partial charge in [-0.15, -0.1) is 10.2 Å². The van der Waals surface area contributed by atoms with E-state index in [9.17, 15) is 0 Å². The normalized spacial score (nSPS) is 15.2. The van der Waals surface area contributed by atoms with Crippen LogP contribution in [0.2, 0.25) is 10.0 Å². The van der Waals surface area contributed by atoms with Gasteiger partial charge in [-0.1, -0.05) is 56.1 Å². The molecule has 2 heterocycles. The number of hydrogen-bond acceptors (Lipinski definition) is 3. The quantitative estimate of drug-likeness (QED) is 0.585. The highest BCUT2D eigenvalue weighted by Gasteiger charge is 2.25. The number of rotatable bonds is 1. The predicted octanol–water partition coefficient (Wildman–Crippen LogP) is 5.80. The fourth-order valence-corrected chi connectivity index (χ4v) is 3.23. The Morgan fingerprint density at radius 1 is 1.04 bits per heavy atom. The van der Waals surface area contributed by atoms with Crippen LogP contribution in [-0.4, -0.2) is 21.3 Å². The van der Waals surface area contributed by atoms with Crippen molar-refractivity contribution >= 4 is 28.9 Å². The molecule has 2 aromatic carbocycles. The molecular formula is C19H20Cl2N4. The van der Waals surface area contributed by atoms with Gasteiger partial charge in [0, 0.05) is 28.1 Å². The molecule has 6 heteroatoms. The summed E-state index contributed by atoms with van der Waals surface area (Å²) in [5.41, 5.74) is 2.91. The molecular weight excluding hydrogens is 355 g/mol. The van der Waals surface area contributed by atoms with Crippen molar-refractivity contribution in [3.63, 3.8) is 0 Å². The number of hydrogen-bond donors (Lipinski definition) is 1. The van der Waals surface area contributed by atoms with Crippen LogP contribution in [0.4, 0.5) is 5.69 Å². The maximum atomic E-state index is 6.15. The third-order valence-electron chi connectivity index (χ3n) is 4.01. The second-order valence-electron chi connectivity index (χ2n) is 5.67. The lowest BCUT2D eigenvalue weighted by atomic mass is 10.1. The lowest BCUT2D eigenvalue weighted by Gasteiger charge is -2.12. The van der Waals surface area contributed by atoms with Crippen molar-refractivity contribution in [3.05, 3.63) is 58.3 Å². The van der Waals surface area contributed by atoms with Gasteiger partial charge in [0.2, 0.25) is 0 Å². The molecule has 1 aromatic heterocycles. The number of anilines is 1. The van der Waals surface area contributed by atoms with Crippen LogP contribution in [0.15, 0.2) is 42.5 Å². The Hall–Kier alpha value is -2.04. The molecule has 0 bridgehead atoms. The third-order valence-corrected chi connectivity index (χ3v) is 4.48. The first-order valence-corrected chi connectivity index (χ1v) is 9.14. The topological polar surface area (TPSA) is 42.7 Å². The Kier molecular flexibility index (Phi) is 5.30. The number of nitrogens with one attached hydrogen (secondary N) is 1. The summed E-state index contributed by atoms with van der Waals surface area (Å²) in [6.45, 7) is 6.91. The Labute approximate surface area is 157 Å². The standard InChI is InChI=1S/C17H14Cl2N4.C2H6/c1-10-9-20-14-8-13(19)5-6-15(14)23-16(10)21-22-17(23)11-3-2-4-12(18)7-11;1-2/h2-8,10,20H,9H2,1H3;1-2H3. The number of aromatic nitrogens is 3. The molecule has 25 heavy (non-hydrogen) atoms. The van der Waals surface area contributed by atoms with Crippen molar-refractivity contribution in [1.82, 2.24) is 14.8 Å². The average molecular weight is 375 g/mol. The van der Waals surface area contributed by atoms with Crippen molar-refractivity contribution in [2.45, 2.75) is 26.7 Å². The summed E-state index contributed by atoms with van der Waals surface area (Å²) in [5, 5.41) is 13.7. The molecule has 0 radical (unpaired) electrons. The van der Waals surface area contributed by atoms with Crippen LogP contribution in [0.5, 0.6) is 0 Å². The molecule has 1 aliphatic rings. The Morgan fingerprint density at radius 2 is 1.80 bits per heavy atom. The summed E-state index contributed by atoms with van der Waals surface area (Å²) in [4.78, 5) is 0. The molecule has 1 atom stereocenters. The molecule has 0 spiro atoms. The van der Waals surface area contributed by atoms with Gasteiger partial charge in [0.25, 0.3) is 0 Å². The summed E-state index contributed by atoms with van der Waals surface area (Å²) < 4.78 is 2.09. The second kappa shape index (κ2) is 7.46. The third kappa shape index (κ3) is 3.37. The number of fused-ring (bicyclic) bond motifs is 3. The molecule has 4 rings (SSSR count). The smallest absolute Gasteiger partial charge is 0.168 e. The maximum absolute atomic E-state index is 6.15. The van der Waals surface area contributed by atoms with Crippen LogP contribution in [0.25, 0.3) is 17.1 Å². The zero-order chi connectivity index (χ0) is 18.0. The van der Waals surface area contributed by atoms with Crippen molar-refractivity contribution in [3.8, 4) is 17.1 Å². The van der Waals surface area contributed by atoms with Crippen LogP contribution >= 0.6 is 23.2 Å². The highest BCUT2D eigenvalue weighted by atomic mass is 35.5. The molecule has 1 N–H and O–H groups in total. The average Bonchev–Trinajstić information content (AvgIpc) is 3.01. The van der Waals surface area contributed by atoms with E-state index in [1.54, 1.807) is 0 Å². The van der Waals surface area contributed by atoms with Crippen LogP contribution in [0.3, 0.4) is 0 Å². The van der Waals surface area contributed by atoms with Gasteiger partial charge >= 0.3 is 0 Å². The Bertz CT molecular complexity index is 889. The first kappa shape index (κ1) is 17.8. The molecule has 0 fully saturated rings. The van der Waals surface area contributed by atoms with Gasteiger partial charge in [0.1, 0.15) is 5.82 Å². The lowest BCUT2D eigenvalue weighted by molar-refractivity contribution is 0.725. The Morgan fingerprint density at radius 3 is 2.56 bits per heavy atom. The van der Waals surface area contributed by atoms with Crippen LogP contribution < -0.4 is 5.32 Å². The first-order valence-electron chi connectivity index (χ1n) is 8.38. The minimum absolute atomic E-state index is 0.224. The zero-order valence-corrected chi connectivity index (χ0v) is 15.9. The molecule has 1 unspecified atom stereocenters. The molecule has 0 saturated heterocycles. The van der Waals surface area contributed by atoms with Crippen molar-refractivity contribution in [2.24, 2.45) is 0 Å². The Balaban J connectivity index is 0.000000880. The molecule has 1 aliphatic heterocycles. The van der Waals surface area contributed by atoms with E-state index >= 15 is 0 Å². The van der Waals surface area contributed by atoms with Gasteiger partial charge in [0.05, 0.1) is 11.4 Å². The molecule has 4 nitrogen and oxygen atoms in total. The van der Waals surface area contributed by atoms with E-state index in [1.165, 1.54) is 0 Å². The minimum Gasteiger partial charge on any atom is -0.383 e. The first-order chi connectivity index (χ1) is 12.1. The molecule has 130 valence electrons. The van der Waals surface area contributed by atoms with Crippen LogP contribution in [0, 0.1) is 0 Å². The molecule has 0 amide bonds. The molecule has 0 saturated carbocycles. The summed E-state index contributed by atoms with van der Waals surface area (Å²) in [6.07, 6.45) is 0. The van der Waals surface area contributed by atoms with Gasteiger partial charge in [-0.25, -0.2) is 0 Å². The van der Waals surface area contributed by atoms with E-state index in [-0.39, 0.29) is 5.92 Å². The second-order valence-corrected chi connectivity index (χ2v) is 6.54. The van der Waals surface area contributed by atoms with Gasteiger partial charge in [-0.3, -0.25) is 4.57 Å². The predicted molar refractivity (Wildman–Crippen MR) is 105 cm³/mol. The summed E-state index contributed by atoms with van der Waals surface area (Å²) in [5.74, 6) is 1.93. The highest BCUT2D eigenvalue weighted by molar-refractivity contribution is 6.31. The van der Waals surface area contributed by atoms with Gasteiger partial charge < -0.3 is 5.32 Å². The SMILES string of the molecule is CC.CC1CNc2cc(Cl)ccc2-n2c(-c3cccc(Cl)c3)nnc21. The van der Waals surface area contributed by atoms with E-state index in [0.717, 1.165) is 35.1 Å². The van der Waals surface area contributed by atoms with Crippen molar-refractivity contribution in [2.75, 3.05) is 11.9 Å². The van der Waals surface area contributed by atoms with Gasteiger partial charge in [-0.05, 0) is 30.3 Å². The largest absolute Gasteiger partial charge is 0.383 e. The monoisotopic (exact) mass is 374 g/mol. The summed E-state index contributed by atoms with van der Waals surface area (Å²) in [7, 11) is 0. The highest BCUT2D eigenvalue weighted by Crippen LogP contribution is 2.35. The van der Waals surface area contributed by atoms with E-state index < -0.39 is 0 Å². The molecule has 0 aliphatic carbocycles. The maximum Gasteiger partial charge on any atom is 0.168 e. The van der Waals surface area contributed by atoms with Crippen molar-refractivity contribution in [1.29, 1.82) is 0 Å². The fourth-order valence-electron chi connectivity index (χ4n) is 2.87. The van der Waals surface area contributed by atoms with E-state index in [0.29, 0.717) is 10.0 Å². The van der Waals surface area contributed by atoms with Crippen LogP contribution in [-0.2, 0) is 0 Å². The molecule has 3 aromatic rings. The fraction of sp³-hybridized carbons (Fsp3) is 0.263. The van der Waals surface area contributed by atoms with E-state index in [2.05, 4.69) is 27.0 Å².